The van der Waals surface area contributed by atoms with Crippen LogP contribution in [0.5, 0.6) is 0 Å². The summed E-state index contributed by atoms with van der Waals surface area (Å²) in [4.78, 5) is 0. The van der Waals surface area contributed by atoms with Gasteiger partial charge in [0.2, 0.25) is 5.41 Å². The van der Waals surface area contributed by atoms with Gasteiger partial charge in [-0.25, -0.2) is 0 Å². The quantitative estimate of drug-likeness (QED) is 0.356. The summed E-state index contributed by atoms with van der Waals surface area (Å²) in [7, 11) is 0. The van der Waals surface area contributed by atoms with Gasteiger partial charge in [-0.1, -0.05) is 22.6 Å². The Morgan fingerprint density at radius 1 is 0.500 bits per heavy atom. The van der Waals surface area contributed by atoms with Gasteiger partial charge in [-0.2, -0.15) is 57.1 Å². The van der Waals surface area contributed by atoms with Gasteiger partial charge in [-0.3, -0.25) is 0 Å². The van der Waals surface area contributed by atoms with E-state index in [9.17, 15) is 57.1 Å². The number of halogens is 14. The molecule has 0 spiro atoms. The molecule has 0 atom stereocenters. The number of alkyl halides is 13. The van der Waals surface area contributed by atoms with Gasteiger partial charge < -0.3 is 0 Å². The first-order valence-corrected chi connectivity index (χ1v) is 5.79. The topological polar surface area (TPSA) is 0 Å². The molecule has 0 aliphatic carbocycles. The fourth-order valence-corrected chi connectivity index (χ4v) is 1.87. The van der Waals surface area contributed by atoms with Crippen molar-refractivity contribution in [1.82, 2.24) is 0 Å². The summed E-state index contributed by atoms with van der Waals surface area (Å²) in [5.41, 5.74) is -6.73. The van der Waals surface area contributed by atoms with Crippen LogP contribution in [0.3, 0.4) is 0 Å². The predicted molar refractivity (Wildman–Crippen MR) is 53.7 cm³/mol. The maximum Gasteiger partial charge on any atom is 0.459 e. The molecule has 0 N–H and O–H groups in total. The van der Waals surface area contributed by atoms with Crippen molar-refractivity contribution in [3.63, 3.8) is 0 Å². The Morgan fingerprint density at radius 2 is 0.818 bits per heavy atom. The lowest BCUT2D eigenvalue weighted by Gasteiger charge is -2.43. The highest BCUT2D eigenvalue weighted by Crippen LogP contribution is 2.66. The van der Waals surface area contributed by atoms with Crippen LogP contribution in [-0.2, 0) is 0 Å². The average molecular weight is 472 g/mol. The summed E-state index contributed by atoms with van der Waals surface area (Å²) in [6.07, 6.45) is -23.2. The van der Waals surface area contributed by atoms with Crippen molar-refractivity contribution in [3.05, 3.63) is 10.2 Å². The third-order valence-electron chi connectivity index (χ3n) is 2.45. The molecule has 0 saturated carbocycles. The molecular formula is C8H2F13I. The Bertz CT molecular complexity index is 409. The van der Waals surface area contributed by atoms with Crippen LogP contribution in [0, 0.1) is 5.41 Å². The van der Waals surface area contributed by atoms with Gasteiger partial charge >= 0.3 is 30.4 Å². The summed E-state index contributed by atoms with van der Waals surface area (Å²) < 4.78 is 162. The third-order valence-corrected chi connectivity index (χ3v) is 2.81. The van der Waals surface area contributed by atoms with Gasteiger partial charge in [0.15, 0.2) is 0 Å². The number of allylic oxidation sites excluding steroid dienone is 1. The second-order valence-electron chi connectivity index (χ2n) is 3.74. The fourth-order valence-electron chi connectivity index (χ4n) is 1.33. The van der Waals surface area contributed by atoms with Crippen molar-refractivity contribution in [2.24, 2.45) is 5.41 Å². The summed E-state index contributed by atoms with van der Waals surface area (Å²) in [6, 6.07) is 0. The van der Waals surface area contributed by atoms with E-state index in [-0.39, 0.29) is 4.08 Å². The zero-order valence-corrected chi connectivity index (χ0v) is 11.6. The minimum Gasteiger partial charge on any atom is -0.198 e. The van der Waals surface area contributed by atoms with Gasteiger partial charge in [0, 0.05) is 0 Å². The SMILES string of the molecule is FC(F)(F)C(F)(F)C(F)(F)C(/C=C\I)(C(F)(F)F)C(F)(F)F. The highest BCUT2D eigenvalue weighted by Gasteiger charge is 2.91. The molecule has 0 fully saturated rings. The van der Waals surface area contributed by atoms with Gasteiger partial charge in [-0.15, -0.1) is 0 Å². The maximum atomic E-state index is 13.2. The number of hydrogen-bond acceptors (Lipinski definition) is 0. The lowest BCUT2D eigenvalue weighted by molar-refractivity contribution is -0.445. The molecule has 132 valence electrons. The standard InChI is InChI=1S/C8H2F13I/c9-4(10,5(11,12)8(19,20)21)3(1-2-22,6(13,14)15)7(16,17)18/h1-2H/b2-1-. The molecule has 0 nitrogen and oxygen atoms in total. The van der Waals surface area contributed by atoms with E-state index >= 15 is 0 Å². The minimum atomic E-state index is -7.60. The van der Waals surface area contributed by atoms with Gasteiger partial charge in [0.05, 0.1) is 0 Å². The molecular weight excluding hydrogens is 470 g/mol. The molecule has 0 bridgehead atoms. The molecule has 14 heteroatoms. The first-order chi connectivity index (χ1) is 9.31. The van der Waals surface area contributed by atoms with Gasteiger partial charge in [0.25, 0.3) is 0 Å². The van der Waals surface area contributed by atoms with E-state index in [1.54, 1.807) is 0 Å². The van der Waals surface area contributed by atoms with Gasteiger partial charge in [0.1, 0.15) is 0 Å². The summed E-state index contributed by atoms with van der Waals surface area (Å²) in [5, 5.41) is 0. The molecule has 0 amide bonds. The molecule has 0 aliphatic rings. The molecule has 0 unspecified atom stereocenters. The van der Waals surface area contributed by atoms with Crippen LogP contribution < -0.4 is 0 Å². The molecule has 22 heavy (non-hydrogen) atoms. The molecule has 0 radical (unpaired) electrons. The average Bonchev–Trinajstić information content (AvgIpc) is 2.19. The molecule has 0 heterocycles. The molecule has 0 aromatic rings. The van der Waals surface area contributed by atoms with Crippen molar-refractivity contribution in [2.45, 2.75) is 30.4 Å². The van der Waals surface area contributed by atoms with E-state index in [2.05, 4.69) is 0 Å². The van der Waals surface area contributed by atoms with Crippen molar-refractivity contribution in [2.75, 3.05) is 0 Å². The molecule has 0 aliphatic heterocycles. The molecule has 0 saturated heterocycles. The van der Waals surface area contributed by atoms with Crippen LogP contribution in [0.2, 0.25) is 0 Å². The zero-order valence-electron chi connectivity index (χ0n) is 9.45. The normalized spacial score (nSPS) is 16.5. The highest BCUT2D eigenvalue weighted by molar-refractivity contribution is 14.1. The van der Waals surface area contributed by atoms with E-state index in [0.29, 0.717) is 22.6 Å². The number of rotatable bonds is 3. The molecule has 0 rings (SSSR count). The van der Waals surface area contributed by atoms with Crippen molar-refractivity contribution < 1.29 is 57.1 Å². The lowest BCUT2D eigenvalue weighted by Crippen LogP contribution is -2.69. The first kappa shape index (κ1) is 21.6. The smallest absolute Gasteiger partial charge is 0.198 e. The Labute approximate surface area is 126 Å². The Morgan fingerprint density at radius 3 is 1.00 bits per heavy atom. The third kappa shape index (κ3) is 2.86. The Balaban J connectivity index is 6.84. The predicted octanol–water partition coefficient (Wildman–Crippen LogP) is 5.88. The largest absolute Gasteiger partial charge is 0.459 e. The van der Waals surface area contributed by atoms with E-state index in [4.69, 9.17) is 0 Å². The van der Waals surface area contributed by atoms with E-state index in [0.717, 1.165) is 0 Å². The summed E-state index contributed by atoms with van der Waals surface area (Å²) in [5.74, 6) is -15.2. The van der Waals surface area contributed by atoms with Crippen LogP contribution in [-0.4, -0.2) is 30.4 Å². The van der Waals surface area contributed by atoms with Crippen LogP contribution >= 0.6 is 22.6 Å². The van der Waals surface area contributed by atoms with Gasteiger partial charge in [-0.05, 0) is 10.2 Å². The van der Waals surface area contributed by atoms with Crippen molar-refractivity contribution >= 4 is 22.6 Å². The second-order valence-corrected chi connectivity index (χ2v) is 4.46. The number of hydrogen-bond donors (Lipinski definition) is 0. The Hall–Kier alpha value is -0.440. The molecule has 0 aromatic carbocycles. The van der Waals surface area contributed by atoms with Crippen LogP contribution in [0.1, 0.15) is 0 Å². The zero-order chi connectivity index (χ0) is 18.4. The van der Waals surface area contributed by atoms with Crippen LogP contribution in [0.4, 0.5) is 57.1 Å². The van der Waals surface area contributed by atoms with Crippen LogP contribution in [0.25, 0.3) is 0 Å². The fraction of sp³-hybridized carbons (Fsp3) is 0.750. The van der Waals surface area contributed by atoms with Crippen molar-refractivity contribution in [1.29, 1.82) is 0 Å². The minimum absolute atomic E-state index is 0.376. The Kier molecular flexibility index (Phi) is 5.46. The molecule has 0 aromatic heterocycles. The summed E-state index contributed by atoms with van der Waals surface area (Å²) in [6.45, 7) is 0. The first-order valence-electron chi connectivity index (χ1n) is 4.55. The monoisotopic (exact) mass is 472 g/mol. The van der Waals surface area contributed by atoms with E-state index < -0.39 is 41.9 Å². The second kappa shape index (κ2) is 5.58. The van der Waals surface area contributed by atoms with E-state index in [1.165, 1.54) is 0 Å². The highest BCUT2D eigenvalue weighted by atomic mass is 127. The van der Waals surface area contributed by atoms with Crippen molar-refractivity contribution in [3.8, 4) is 0 Å². The maximum absolute atomic E-state index is 13.2. The lowest BCUT2D eigenvalue weighted by atomic mass is 9.76. The summed E-state index contributed by atoms with van der Waals surface area (Å²) >= 11 is 0.542. The van der Waals surface area contributed by atoms with E-state index in [1.807, 2.05) is 0 Å². The van der Waals surface area contributed by atoms with Crippen LogP contribution in [0.15, 0.2) is 10.2 Å².